The van der Waals surface area contributed by atoms with Crippen molar-refractivity contribution in [3.05, 3.63) is 29.8 Å². The maximum atomic E-state index is 11.4. The summed E-state index contributed by atoms with van der Waals surface area (Å²) in [5, 5.41) is 0. The molecule has 1 rings (SSSR count). The van der Waals surface area contributed by atoms with Crippen LogP contribution in [0.15, 0.2) is 29.2 Å². The Labute approximate surface area is 78.5 Å². The second kappa shape index (κ2) is 3.89. The Kier molecular flexibility index (Phi) is 3.06. The van der Waals surface area contributed by atoms with Crippen LogP contribution in [0.4, 0.5) is 0 Å². The molecule has 72 valence electrons. The molecule has 4 heteroatoms. The zero-order valence-corrected chi connectivity index (χ0v) is 8.47. The Hall–Kier alpha value is -0.870. The molecule has 0 saturated heterocycles. The number of rotatable bonds is 3. The van der Waals surface area contributed by atoms with Crippen LogP contribution in [0, 0.1) is 0 Å². The maximum Gasteiger partial charge on any atom is 0.296 e. The summed E-state index contributed by atoms with van der Waals surface area (Å²) < 4.78 is 27.2. The third-order valence-electron chi connectivity index (χ3n) is 1.84. The lowest BCUT2D eigenvalue weighted by molar-refractivity contribution is 0.397. The van der Waals surface area contributed by atoms with E-state index in [-0.39, 0.29) is 4.90 Å². The first kappa shape index (κ1) is 10.2. The van der Waals surface area contributed by atoms with Crippen LogP contribution in [0.2, 0.25) is 0 Å². The lowest BCUT2D eigenvalue weighted by Gasteiger charge is -2.05. The van der Waals surface area contributed by atoms with Crippen LogP contribution in [0.1, 0.15) is 12.5 Å². The van der Waals surface area contributed by atoms with E-state index in [1.54, 1.807) is 18.2 Å². The normalized spacial score (nSPS) is 11.5. The van der Waals surface area contributed by atoms with Gasteiger partial charge in [-0.05, 0) is 18.1 Å². The highest BCUT2D eigenvalue weighted by molar-refractivity contribution is 7.86. The van der Waals surface area contributed by atoms with Gasteiger partial charge in [0.15, 0.2) is 0 Å². The van der Waals surface area contributed by atoms with Crippen molar-refractivity contribution >= 4 is 10.1 Å². The fourth-order valence-electron chi connectivity index (χ4n) is 1.13. The van der Waals surface area contributed by atoms with Crippen molar-refractivity contribution in [1.82, 2.24) is 0 Å². The Morgan fingerprint density at radius 1 is 1.31 bits per heavy atom. The van der Waals surface area contributed by atoms with Crippen LogP contribution in [0.3, 0.4) is 0 Å². The van der Waals surface area contributed by atoms with Crippen molar-refractivity contribution in [2.45, 2.75) is 18.2 Å². The molecular weight excluding hydrogens is 188 g/mol. The van der Waals surface area contributed by atoms with Crippen LogP contribution in [-0.4, -0.2) is 15.5 Å². The van der Waals surface area contributed by atoms with Gasteiger partial charge in [-0.2, -0.15) is 8.42 Å². The largest absolute Gasteiger partial charge is 0.296 e. The molecule has 1 aromatic carbocycles. The van der Waals surface area contributed by atoms with Crippen molar-refractivity contribution in [2.75, 3.05) is 7.11 Å². The van der Waals surface area contributed by atoms with Crippen LogP contribution < -0.4 is 0 Å². The molecule has 0 aliphatic carbocycles. The van der Waals surface area contributed by atoms with Crippen molar-refractivity contribution < 1.29 is 12.6 Å². The molecule has 0 spiro atoms. The average molecular weight is 200 g/mol. The molecule has 0 heterocycles. The monoisotopic (exact) mass is 200 g/mol. The number of aryl methyl sites for hydroxylation is 1. The highest BCUT2D eigenvalue weighted by Crippen LogP contribution is 2.17. The average Bonchev–Trinajstić information content (AvgIpc) is 2.18. The number of hydrogen-bond donors (Lipinski definition) is 0. The van der Waals surface area contributed by atoms with Crippen LogP contribution in [0.25, 0.3) is 0 Å². The Bertz CT molecular complexity index is 382. The summed E-state index contributed by atoms with van der Waals surface area (Å²) in [4.78, 5) is 0.264. The van der Waals surface area contributed by atoms with Gasteiger partial charge < -0.3 is 0 Å². The third-order valence-corrected chi connectivity index (χ3v) is 3.22. The molecule has 1 aromatic rings. The van der Waals surface area contributed by atoms with Crippen molar-refractivity contribution in [3.8, 4) is 0 Å². The van der Waals surface area contributed by atoms with Gasteiger partial charge in [-0.15, -0.1) is 0 Å². The van der Waals surface area contributed by atoms with Gasteiger partial charge in [0, 0.05) is 0 Å². The first-order valence-corrected chi connectivity index (χ1v) is 5.41. The second-order valence-electron chi connectivity index (χ2n) is 2.58. The highest BCUT2D eigenvalue weighted by atomic mass is 32.2. The Morgan fingerprint density at radius 2 is 1.92 bits per heavy atom. The van der Waals surface area contributed by atoms with E-state index in [2.05, 4.69) is 4.18 Å². The summed E-state index contributed by atoms with van der Waals surface area (Å²) in [6.45, 7) is 1.91. The van der Waals surface area contributed by atoms with E-state index in [0.717, 1.165) is 5.56 Å². The van der Waals surface area contributed by atoms with Gasteiger partial charge in [0.05, 0.1) is 12.0 Å². The topological polar surface area (TPSA) is 43.4 Å². The lowest BCUT2D eigenvalue weighted by Crippen LogP contribution is -2.05. The van der Waals surface area contributed by atoms with Gasteiger partial charge in [0.25, 0.3) is 10.1 Å². The minimum absolute atomic E-state index is 0.264. The van der Waals surface area contributed by atoms with Gasteiger partial charge in [-0.3, -0.25) is 4.18 Å². The molecule has 0 aliphatic rings. The second-order valence-corrected chi connectivity index (χ2v) is 4.26. The van der Waals surface area contributed by atoms with E-state index >= 15 is 0 Å². The van der Waals surface area contributed by atoms with E-state index in [1.165, 1.54) is 7.11 Å². The molecule has 3 nitrogen and oxygen atoms in total. The summed E-state index contributed by atoms with van der Waals surface area (Å²) in [5.74, 6) is 0. The fourth-order valence-corrected chi connectivity index (χ4v) is 2.09. The fraction of sp³-hybridized carbons (Fsp3) is 0.333. The summed E-state index contributed by atoms with van der Waals surface area (Å²) in [6, 6.07) is 6.84. The minimum atomic E-state index is -3.54. The summed E-state index contributed by atoms with van der Waals surface area (Å²) in [5.41, 5.74) is 0.782. The highest BCUT2D eigenvalue weighted by Gasteiger charge is 2.15. The van der Waals surface area contributed by atoms with Crippen molar-refractivity contribution in [2.24, 2.45) is 0 Å². The molecule has 0 unspecified atom stereocenters. The quantitative estimate of drug-likeness (QED) is 0.696. The molecule has 0 N–H and O–H groups in total. The van der Waals surface area contributed by atoms with E-state index in [1.807, 2.05) is 13.0 Å². The van der Waals surface area contributed by atoms with E-state index in [9.17, 15) is 8.42 Å². The number of hydrogen-bond acceptors (Lipinski definition) is 3. The molecule has 0 aromatic heterocycles. The Morgan fingerprint density at radius 3 is 2.46 bits per heavy atom. The van der Waals surface area contributed by atoms with Gasteiger partial charge in [-0.25, -0.2) is 0 Å². The molecule has 0 radical (unpaired) electrons. The molecule has 0 fully saturated rings. The predicted molar refractivity (Wildman–Crippen MR) is 50.0 cm³/mol. The zero-order chi connectivity index (χ0) is 9.90. The standard InChI is InChI=1S/C9H12O3S/c1-3-8-6-4-5-7-9(8)13(10,11)12-2/h4-7H,3H2,1-2H3. The molecule has 0 atom stereocenters. The van der Waals surface area contributed by atoms with Crippen molar-refractivity contribution in [1.29, 1.82) is 0 Å². The lowest BCUT2D eigenvalue weighted by atomic mass is 10.2. The summed E-state index contributed by atoms with van der Waals surface area (Å²) >= 11 is 0. The maximum absolute atomic E-state index is 11.4. The third kappa shape index (κ3) is 2.08. The van der Waals surface area contributed by atoms with Gasteiger partial charge in [0.2, 0.25) is 0 Å². The van der Waals surface area contributed by atoms with Crippen LogP contribution in [-0.2, 0) is 20.7 Å². The van der Waals surface area contributed by atoms with E-state index < -0.39 is 10.1 Å². The SMILES string of the molecule is CCc1ccccc1S(=O)(=O)OC. The van der Waals surface area contributed by atoms with Crippen molar-refractivity contribution in [3.63, 3.8) is 0 Å². The zero-order valence-electron chi connectivity index (χ0n) is 7.65. The first-order chi connectivity index (χ1) is 6.11. The van der Waals surface area contributed by atoms with Gasteiger partial charge in [-0.1, -0.05) is 25.1 Å². The Balaban J connectivity index is 3.29. The molecule has 0 bridgehead atoms. The summed E-state index contributed by atoms with van der Waals surface area (Å²) in [7, 11) is -2.37. The van der Waals surface area contributed by atoms with Crippen LogP contribution >= 0.6 is 0 Å². The minimum Gasteiger partial charge on any atom is -0.270 e. The van der Waals surface area contributed by atoms with Crippen LogP contribution in [0.5, 0.6) is 0 Å². The molecule has 0 saturated carbocycles. The molecule has 0 aliphatic heterocycles. The number of benzene rings is 1. The summed E-state index contributed by atoms with van der Waals surface area (Å²) in [6.07, 6.45) is 0.679. The van der Waals surface area contributed by atoms with E-state index in [4.69, 9.17) is 0 Å². The van der Waals surface area contributed by atoms with E-state index in [0.29, 0.717) is 6.42 Å². The predicted octanol–water partition coefficient (Wildman–Crippen LogP) is 1.58. The molecule has 0 amide bonds. The van der Waals surface area contributed by atoms with Gasteiger partial charge >= 0.3 is 0 Å². The molecule has 13 heavy (non-hydrogen) atoms. The smallest absolute Gasteiger partial charge is 0.270 e. The first-order valence-electron chi connectivity index (χ1n) is 4.00. The molecular formula is C9H12O3S. The van der Waals surface area contributed by atoms with Gasteiger partial charge in [0.1, 0.15) is 0 Å².